The maximum absolute atomic E-state index is 13.0. The van der Waals surface area contributed by atoms with Gasteiger partial charge in [0.2, 0.25) is 0 Å². The summed E-state index contributed by atoms with van der Waals surface area (Å²) < 4.78 is 14.6. The molecule has 1 aromatic heterocycles. The third-order valence-electron chi connectivity index (χ3n) is 3.96. The Morgan fingerprint density at radius 3 is 2.86 bits per heavy atom. The third-order valence-corrected chi connectivity index (χ3v) is 3.96. The average molecular weight is 302 g/mol. The number of halogens is 1. The van der Waals surface area contributed by atoms with E-state index >= 15 is 0 Å². The van der Waals surface area contributed by atoms with Gasteiger partial charge in [-0.3, -0.25) is 4.79 Å². The molecular weight excluding hydrogens is 283 g/mol. The van der Waals surface area contributed by atoms with Gasteiger partial charge in [0.1, 0.15) is 5.82 Å². The lowest BCUT2D eigenvalue weighted by molar-refractivity contribution is 0.0930. The molecule has 1 aromatic carbocycles. The number of carbonyl (C=O) groups is 1. The fourth-order valence-electron chi connectivity index (χ4n) is 2.71. The lowest BCUT2D eigenvalue weighted by Crippen LogP contribution is -2.45. The van der Waals surface area contributed by atoms with Crippen LogP contribution in [0.5, 0.6) is 0 Å². The highest BCUT2D eigenvalue weighted by Crippen LogP contribution is 2.15. The largest absolute Gasteiger partial charge is 0.348 e. The van der Waals surface area contributed by atoms with Crippen molar-refractivity contribution in [2.75, 3.05) is 13.1 Å². The van der Waals surface area contributed by atoms with Gasteiger partial charge < -0.3 is 10.6 Å². The van der Waals surface area contributed by atoms with Gasteiger partial charge in [0.15, 0.2) is 0 Å². The fourth-order valence-corrected chi connectivity index (χ4v) is 2.71. The molecule has 116 valence electrons. The van der Waals surface area contributed by atoms with Crippen molar-refractivity contribution >= 4 is 5.91 Å². The second-order valence-electron chi connectivity index (χ2n) is 5.55. The van der Waals surface area contributed by atoms with E-state index in [1.807, 2.05) is 6.92 Å². The van der Waals surface area contributed by atoms with E-state index in [9.17, 15) is 9.18 Å². The number of hydrogen-bond acceptors (Lipinski definition) is 3. The molecule has 22 heavy (non-hydrogen) atoms. The van der Waals surface area contributed by atoms with Gasteiger partial charge in [-0.2, -0.15) is 5.10 Å². The smallest absolute Gasteiger partial charge is 0.255 e. The van der Waals surface area contributed by atoms with Crippen LogP contribution in [-0.4, -0.2) is 34.8 Å². The standard InChI is InChI=1S/C16H19FN4O/c1-11-15(16(22)20-13-3-2-8-18-9-13)10-19-21(11)14-6-4-12(17)5-7-14/h4-7,10,13,18H,2-3,8-9H2,1H3,(H,20,22). The summed E-state index contributed by atoms with van der Waals surface area (Å²) in [6.45, 7) is 3.65. The zero-order valence-corrected chi connectivity index (χ0v) is 12.5. The molecule has 2 heterocycles. The summed E-state index contributed by atoms with van der Waals surface area (Å²) in [6, 6.07) is 6.20. The normalized spacial score (nSPS) is 18.2. The molecule has 0 bridgehead atoms. The maximum Gasteiger partial charge on any atom is 0.255 e. The van der Waals surface area contributed by atoms with Crippen molar-refractivity contribution in [3.8, 4) is 5.69 Å². The van der Waals surface area contributed by atoms with Crippen LogP contribution < -0.4 is 10.6 Å². The number of amides is 1. The Kier molecular flexibility index (Phi) is 4.20. The van der Waals surface area contributed by atoms with E-state index in [0.29, 0.717) is 5.56 Å². The molecule has 1 fully saturated rings. The molecule has 1 aliphatic rings. The molecule has 6 heteroatoms. The Bertz CT molecular complexity index is 659. The molecule has 2 aromatic rings. The Morgan fingerprint density at radius 2 is 2.18 bits per heavy atom. The summed E-state index contributed by atoms with van der Waals surface area (Å²) in [5.74, 6) is -0.407. The van der Waals surface area contributed by atoms with E-state index in [-0.39, 0.29) is 17.8 Å². The summed E-state index contributed by atoms with van der Waals surface area (Å²) in [5.41, 5.74) is 2.03. The number of aromatic nitrogens is 2. The molecule has 2 N–H and O–H groups in total. The van der Waals surface area contributed by atoms with Crippen molar-refractivity contribution in [3.63, 3.8) is 0 Å². The van der Waals surface area contributed by atoms with Crippen LogP contribution >= 0.6 is 0 Å². The number of rotatable bonds is 3. The predicted molar refractivity (Wildman–Crippen MR) is 81.6 cm³/mol. The summed E-state index contributed by atoms with van der Waals surface area (Å²) >= 11 is 0. The van der Waals surface area contributed by atoms with Crippen LogP contribution in [0.2, 0.25) is 0 Å². The summed E-state index contributed by atoms with van der Waals surface area (Å²) in [7, 11) is 0. The SMILES string of the molecule is Cc1c(C(=O)NC2CCCNC2)cnn1-c1ccc(F)cc1. The predicted octanol–water partition coefficient (Wildman–Crippen LogP) is 1.80. The number of carbonyl (C=O) groups excluding carboxylic acids is 1. The first-order valence-electron chi connectivity index (χ1n) is 7.47. The molecule has 1 aliphatic heterocycles. The zero-order valence-electron chi connectivity index (χ0n) is 12.5. The van der Waals surface area contributed by atoms with Gasteiger partial charge in [-0.1, -0.05) is 0 Å². The molecule has 1 unspecified atom stereocenters. The minimum Gasteiger partial charge on any atom is -0.348 e. The van der Waals surface area contributed by atoms with E-state index in [1.165, 1.54) is 12.1 Å². The third kappa shape index (κ3) is 3.01. The molecule has 1 atom stereocenters. The summed E-state index contributed by atoms with van der Waals surface area (Å²) in [6.07, 6.45) is 3.62. The van der Waals surface area contributed by atoms with Gasteiger partial charge in [-0.15, -0.1) is 0 Å². The first-order valence-corrected chi connectivity index (χ1v) is 7.47. The van der Waals surface area contributed by atoms with Gasteiger partial charge in [-0.25, -0.2) is 9.07 Å². The lowest BCUT2D eigenvalue weighted by atomic mass is 10.1. The minimum atomic E-state index is -0.295. The van der Waals surface area contributed by atoms with E-state index in [2.05, 4.69) is 15.7 Å². The highest BCUT2D eigenvalue weighted by atomic mass is 19.1. The number of benzene rings is 1. The van der Waals surface area contributed by atoms with Gasteiger partial charge in [0.05, 0.1) is 23.1 Å². The molecule has 1 saturated heterocycles. The highest BCUT2D eigenvalue weighted by Gasteiger charge is 2.20. The Morgan fingerprint density at radius 1 is 1.41 bits per heavy atom. The number of nitrogens with one attached hydrogen (secondary N) is 2. The average Bonchev–Trinajstić information content (AvgIpc) is 2.91. The van der Waals surface area contributed by atoms with Gasteiger partial charge in [0.25, 0.3) is 5.91 Å². The van der Waals surface area contributed by atoms with Gasteiger partial charge in [-0.05, 0) is 50.6 Å². The van der Waals surface area contributed by atoms with Crippen molar-refractivity contribution in [1.29, 1.82) is 0 Å². The second kappa shape index (κ2) is 6.27. The van der Waals surface area contributed by atoms with Crippen molar-refractivity contribution in [1.82, 2.24) is 20.4 Å². The quantitative estimate of drug-likeness (QED) is 0.909. The van der Waals surface area contributed by atoms with Crippen molar-refractivity contribution in [2.45, 2.75) is 25.8 Å². The molecule has 1 amide bonds. The Hall–Kier alpha value is -2.21. The van der Waals surface area contributed by atoms with Crippen LogP contribution in [0.1, 0.15) is 28.9 Å². The van der Waals surface area contributed by atoms with Crippen LogP contribution in [0, 0.1) is 12.7 Å². The van der Waals surface area contributed by atoms with Gasteiger partial charge in [0, 0.05) is 12.6 Å². The zero-order chi connectivity index (χ0) is 15.5. The molecule has 0 saturated carbocycles. The van der Waals surface area contributed by atoms with Crippen molar-refractivity contribution in [3.05, 3.63) is 47.5 Å². The summed E-state index contributed by atoms with van der Waals surface area (Å²) in [4.78, 5) is 12.4. The number of hydrogen-bond donors (Lipinski definition) is 2. The molecule has 0 spiro atoms. The van der Waals surface area contributed by atoms with E-state index in [1.54, 1.807) is 23.0 Å². The van der Waals surface area contributed by atoms with Crippen LogP contribution in [0.15, 0.2) is 30.5 Å². The lowest BCUT2D eigenvalue weighted by Gasteiger charge is -2.23. The number of piperidine rings is 1. The molecule has 0 aliphatic carbocycles. The monoisotopic (exact) mass is 302 g/mol. The van der Waals surface area contributed by atoms with Crippen LogP contribution in [-0.2, 0) is 0 Å². The number of nitrogens with zero attached hydrogens (tertiary/aromatic N) is 2. The second-order valence-corrected chi connectivity index (χ2v) is 5.55. The van der Waals surface area contributed by atoms with E-state index < -0.39 is 0 Å². The van der Waals surface area contributed by atoms with Crippen molar-refractivity contribution < 1.29 is 9.18 Å². The first-order chi connectivity index (χ1) is 10.6. The van der Waals surface area contributed by atoms with E-state index in [0.717, 1.165) is 37.3 Å². The van der Waals surface area contributed by atoms with Crippen LogP contribution in [0.3, 0.4) is 0 Å². The molecule has 5 nitrogen and oxygen atoms in total. The van der Waals surface area contributed by atoms with Crippen LogP contribution in [0.4, 0.5) is 4.39 Å². The first kappa shape index (κ1) is 14.7. The Labute approximate surface area is 128 Å². The molecule has 3 rings (SSSR count). The van der Waals surface area contributed by atoms with Gasteiger partial charge >= 0.3 is 0 Å². The fraction of sp³-hybridized carbons (Fsp3) is 0.375. The highest BCUT2D eigenvalue weighted by molar-refractivity contribution is 5.95. The topological polar surface area (TPSA) is 59.0 Å². The molecule has 0 radical (unpaired) electrons. The van der Waals surface area contributed by atoms with Crippen molar-refractivity contribution in [2.24, 2.45) is 0 Å². The summed E-state index contributed by atoms with van der Waals surface area (Å²) in [5, 5.41) is 10.6. The van der Waals surface area contributed by atoms with Crippen LogP contribution in [0.25, 0.3) is 5.69 Å². The minimum absolute atomic E-state index is 0.112. The Balaban J connectivity index is 1.77. The maximum atomic E-state index is 13.0. The molecular formula is C16H19FN4O. The van der Waals surface area contributed by atoms with E-state index in [4.69, 9.17) is 0 Å².